The second-order valence-corrected chi connectivity index (χ2v) is 8.23. The number of hydrogen-bond acceptors (Lipinski definition) is 6. The Kier molecular flexibility index (Phi) is 5.87. The van der Waals surface area contributed by atoms with Gasteiger partial charge in [-0.05, 0) is 24.3 Å². The highest BCUT2D eigenvalue weighted by Gasteiger charge is 2.23. The molecule has 5 nitrogen and oxygen atoms in total. The summed E-state index contributed by atoms with van der Waals surface area (Å²) < 4.78 is 19.7. The summed E-state index contributed by atoms with van der Waals surface area (Å²) >= 11 is 1.53. The van der Waals surface area contributed by atoms with E-state index in [4.69, 9.17) is 10.5 Å². The van der Waals surface area contributed by atoms with Gasteiger partial charge in [-0.25, -0.2) is 9.37 Å². The fraction of sp³-hybridized carbons (Fsp3) is 0.381. The monoisotopic (exact) mass is 400 g/mol. The Labute approximate surface area is 168 Å². The van der Waals surface area contributed by atoms with E-state index in [1.54, 1.807) is 19.2 Å². The lowest BCUT2D eigenvalue weighted by molar-refractivity contribution is 0.0930. The lowest BCUT2D eigenvalue weighted by Crippen LogP contribution is -2.53. The van der Waals surface area contributed by atoms with Crippen LogP contribution in [0.2, 0.25) is 0 Å². The topological polar surface area (TPSA) is 54.6 Å². The highest BCUT2D eigenvalue weighted by molar-refractivity contribution is 7.18. The molecule has 1 atom stereocenters. The summed E-state index contributed by atoms with van der Waals surface area (Å²) in [6, 6.07) is 12.9. The Morgan fingerprint density at radius 1 is 1.18 bits per heavy atom. The zero-order chi connectivity index (χ0) is 19.5. The van der Waals surface area contributed by atoms with E-state index in [9.17, 15) is 4.39 Å². The van der Waals surface area contributed by atoms with Crippen molar-refractivity contribution in [2.45, 2.75) is 19.1 Å². The van der Waals surface area contributed by atoms with Gasteiger partial charge in [-0.3, -0.25) is 9.80 Å². The molecule has 2 heterocycles. The van der Waals surface area contributed by atoms with Gasteiger partial charge in [0.05, 0.1) is 28.5 Å². The summed E-state index contributed by atoms with van der Waals surface area (Å²) in [6.45, 7) is 4.68. The van der Waals surface area contributed by atoms with E-state index < -0.39 is 0 Å². The van der Waals surface area contributed by atoms with Gasteiger partial charge in [0.1, 0.15) is 11.6 Å². The molecule has 148 valence electrons. The van der Waals surface area contributed by atoms with E-state index >= 15 is 0 Å². The quantitative estimate of drug-likeness (QED) is 0.689. The molecule has 28 heavy (non-hydrogen) atoms. The lowest BCUT2D eigenvalue weighted by Gasteiger charge is -2.37. The van der Waals surface area contributed by atoms with Gasteiger partial charge in [-0.15, -0.1) is 11.3 Å². The molecule has 1 aromatic heterocycles. The molecule has 0 amide bonds. The van der Waals surface area contributed by atoms with E-state index in [0.29, 0.717) is 6.42 Å². The molecule has 0 spiro atoms. The van der Waals surface area contributed by atoms with Gasteiger partial charge in [0, 0.05) is 44.7 Å². The number of methoxy groups -OCH3 is 1. The third-order valence-corrected chi connectivity index (χ3v) is 6.28. The largest absolute Gasteiger partial charge is 0.496 e. The van der Waals surface area contributed by atoms with Crippen LogP contribution >= 0.6 is 11.3 Å². The fourth-order valence-corrected chi connectivity index (χ4v) is 4.71. The molecule has 1 saturated heterocycles. The summed E-state index contributed by atoms with van der Waals surface area (Å²) in [6.07, 6.45) is 0.617. The van der Waals surface area contributed by atoms with Gasteiger partial charge in [-0.1, -0.05) is 18.2 Å². The molecule has 0 aliphatic carbocycles. The summed E-state index contributed by atoms with van der Waals surface area (Å²) in [7, 11) is 1.71. The van der Waals surface area contributed by atoms with Crippen LogP contribution in [0.4, 0.5) is 4.39 Å². The third kappa shape index (κ3) is 4.33. The number of para-hydroxylation sites is 1. The van der Waals surface area contributed by atoms with Crippen molar-refractivity contribution in [1.82, 2.24) is 14.8 Å². The molecule has 0 saturated carbocycles. The lowest BCUT2D eigenvalue weighted by atomic mass is 10.1. The maximum absolute atomic E-state index is 13.4. The van der Waals surface area contributed by atoms with E-state index in [-0.39, 0.29) is 12.0 Å². The van der Waals surface area contributed by atoms with Crippen molar-refractivity contribution in [3.63, 3.8) is 0 Å². The minimum Gasteiger partial charge on any atom is -0.496 e. The van der Waals surface area contributed by atoms with Crippen LogP contribution in [0.15, 0.2) is 42.5 Å². The zero-order valence-electron chi connectivity index (χ0n) is 16.0. The smallest absolute Gasteiger partial charge is 0.124 e. The SMILES string of the molecule is COc1ccccc1CN1CCN(C(N)Cc2nc3ccc(F)cc3s2)CC1. The Morgan fingerprint density at radius 2 is 1.96 bits per heavy atom. The van der Waals surface area contributed by atoms with E-state index in [1.807, 2.05) is 18.2 Å². The van der Waals surface area contributed by atoms with Crippen LogP contribution < -0.4 is 10.5 Å². The van der Waals surface area contributed by atoms with Crippen molar-refractivity contribution in [3.8, 4) is 5.75 Å². The third-order valence-electron chi connectivity index (χ3n) is 5.24. The van der Waals surface area contributed by atoms with Gasteiger partial charge < -0.3 is 10.5 Å². The number of nitrogens with two attached hydrogens (primary N) is 1. The van der Waals surface area contributed by atoms with Crippen LogP contribution in [0.3, 0.4) is 0 Å². The number of piperazine rings is 1. The highest BCUT2D eigenvalue weighted by atomic mass is 32.1. The molecule has 3 aromatic rings. The van der Waals surface area contributed by atoms with Crippen molar-refractivity contribution < 1.29 is 9.13 Å². The molecular weight excluding hydrogens is 375 g/mol. The van der Waals surface area contributed by atoms with Crippen LogP contribution in [-0.2, 0) is 13.0 Å². The minimum absolute atomic E-state index is 0.0705. The average Bonchev–Trinajstić information content (AvgIpc) is 3.10. The number of ether oxygens (including phenoxy) is 1. The number of thiazole rings is 1. The molecule has 2 N–H and O–H groups in total. The number of halogens is 1. The number of fused-ring (bicyclic) bond motifs is 1. The number of benzene rings is 2. The first-order valence-corrected chi connectivity index (χ1v) is 10.3. The second kappa shape index (κ2) is 8.53. The van der Waals surface area contributed by atoms with E-state index in [0.717, 1.165) is 53.7 Å². The molecule has 0 bridgehead atoms. The summed E-state index contributed by atoms with van der Waals surface area (Å²) in [5.74, 6) is 0.715. The Balaban J connectivity index is 1.32. The number of rotatable bonds is 6. The van der Waals surface area contributed by atoms with Crippen molar-refractivity contribution in [2.24, 2.45) is 5.73 Å². The van der Waals surface area contributed by atoms with Gasteiger partial charge in [0.2, 0.25) is 0 Å². The first kappa shape index (κ1) is 19.3. The zero-order valence-corrected chi connectivity index (χ0v) is 16.8. The second-order valence-electron chi connectivity index (χ2n) is 7.12. The van der Waals surface area contributed by atoms with Crippen molar-refractivity contribution in [1.29, 1.82) is 0 Å². The Morgan fingerprint density at radius 3 is 2.75 bits per heavy atom. The van der Waals surface area contributed by atoms with Crippen molar-refractivity contribution >= 4 is 21.6 Å². The van der Waals surface area contributed by atoms with Gasteiger partial charge >= 0.3 is 0 Å². The molecule has 4 rings (SSSR count). The van der Waals surface area contributed by atoms with Gasteiger partial charge in [0.15, 0.2) is 0 Å². The van der Waals surface area contributed by atoms with Crippen LogP contribution in [0, 0.1) is 5.82 Å². The molecule has 7 heteroatoms. The summed E-state index contributed by atoms with van der Waals surface area (Å²) in [5, 5.41) is 0.963. The minimum atomic E-state index is -0.224. The normalized spacial score (nSPS) is 17.1. The first-order chi connectivity index (χ1) is 13.6. The number of aromatic nitrogens is 1. The maximum Gasteiger partial charge on any atom is 0.124 e. The van der Waals surface area contributed by atoms with Crippen LogP contribution in [-0.4, -0.2) is 54.2 Å². The maximum atomic E-state index is 13.4. The van der Waals surface area contributed by atoms with Crippen molar-refractivity contribution in [2.75, 3.05) is 33.3 Å². The Hall–Kier alpha value is -2.06. The van der Waals surface area contributed by atoms with Crippen LogP contribution in [0.1, 0.15) is 10.6 Å². The molecule has 1 unspecified atom stereocenters. The fourth-order valence-electron chi connectivity index (χ4n) is 3.67. The van der Waals surface area contributed by atoms with Crippen LogP contribution in [0.25, 0.3) is 10.2 Å². The predicted molar refractivity (Wildman–Crippen MR) is 111 cm³/mol. The summed E-state index contributed by atoms with van der Waals surface area (Å²) in [5.41, 5.74) is 8.51. The van der Waals surface area contributed by atoms with E-state index in [1.165, 1.54) is 23.0 Å². The Bertz CT molecular complexity index is 939. The van der Waals surface area contributed by atoms with Crippen molar-refractivity contribution in [3.05, 3.63) is 58.9 Å². The first-order valence-electron chi connectivity index (χ1n) is 9.51. The molecule has 0 radical (unpaired) electrons. The van der Waals surface area contributed by atoms with E-state index in [2.05, 4.69) is 20.9 Å². The molecule has 2 aromatic carbocycles. The number of nitrogens with zero attached hydrogens (tertiary/aromatic N) is 3. The molecule has 1 aliphatic heterocycles. The highest BCUT2D eigenvalue weighted by Crippen LogP contribution is 2.24. The number of hydrogen-bond donors (Lipinski definition) is 1. The standard InChI is InChI=1S/C21H25FN4OS/c1-27-18-5-3-2-4-15(18)14-25-8-10-26(11-9-25)20(23)13-21-24-17-7-6-16(22)12-19(17)28-21/h2-7,12,20H,8-11,13-14,23H2,1H3. The van der Waals surface area contributed by atoms with Gasteiger partial charge in [0.25, 0.3) is 0 Å². The average molecular weight is 401 g/mol. The van der Waals surface area contributed by atoms with Gasteiger partial charge in [-0.2, -0.15) is 0 Å². The summed E-state index contributed by atoms with van der Waals surface area (Å²) in [4.78, 5) is 9.34. The van der Waals surface area contributed by atoms with Crippen LogP contribution in [0.5, 0.6) is 5.75 Å². The molecule has 1 aliphatic rings. The molecule has 1 fully saturated rings. The predicted octanol–water partition coefficient (Wildman–Crippen LogP) is 3.09. The molecular formula is C21H25FN4OS.